The molecule has 0 aliphatic carbocycles. The number of nitrogens with zero attached hydrogens (tertiary/aromatic N) is 2. The van der Waals surface area contributed by atoms with Crippen LogP contribution in [0.1, 0.15) is 46.6 Å². The van der Waals surface area contributed by atoms with Gasteiger partial charge in [-0.25, -0.2) is 4.79 Å². The summed E-state index contributed by atoms with van der Waals surface area (Å²) < 4.78 is 31.1. The summed E-state index contributed by atoms with van der Waals surface area (Å²) in [6.07, 6.45) is -2.18. The third kappa shape index (κ3) is 4.16. The van der Waals surface area contributed by atoms with Crippen LogP contribution < -0.4 is 4.74 Å². The number of hydrogen-bond donors (Lipinski definition) is 0. The topological polar surface area (TPSA) is 86.8 Å². The van der Waals surface area contributed by atoms with Gasteiger partial charge in [-0.3, -0.25) is 14.6 Å². The van der Waals surface area contributed by atoms with Crippen LogP contribution in [0, 0.1) is 0 Å². The van der Waals surface area contributed by atoms with Crippen LogP contribution >= 0.6 is 0 Å². The molecule has 1 aromatic rings. The first-order valence-electron chi connectivity index (χ1n) is 12.7. The molecule has 4 aliphatic heterocycles. The largest absolute Gasteiger partial charge is 0.497 e. The lowest BCUT2D eigenvalue weighted by Crippen LogP contribution is -2.69. The molecule has 10 heteroatoms. The molecule has 2 bridgehead atoms. The van der Waals surface area contributed by atoms with Gasteiger partial charge in [-0.05, 0) is 49.7 Å². The third-order valence-corrected chi connectivity index (χ3v) is 12.7. The molecule has 6 atom stereocenters. The summed E-state index contributed by atoms with van der Waals surface area (Å²) in [5.74, 6) is -0.287. The fraction of sp³-hybridized carbons (Fsp3) is 0.692. The second-order valence-electron chi connectivity index (χ2n) is 12.2. The molecule has 0 radical (unpaired) electrons. The minimum Gasteiger partial charge on any atom is -0.497 e. The molecular formula is C26H38N2O7Si. The second kappa shape index (κ2) is 8.52. The highest BCUT2D eigenvalue weighted by atomic mass is 28.4. The summed E-state index contributed by atoms with van der Waals surface area (Å²) in [4.78, 5) is 30.3. The van der Waals surface area contributed by atoms with E-state index in [2.05, 4.69) is 33.9 Å². The number of carbonyl (C=O) groups excluding carboxylic acids is 2. The minimum atomic E-state index is -2.27. The molecule has 0 aromatic heterocycles. The van der Waals surface area contributed by atoms with Crippen molar-refractivity contribution in [3.8, 4) is 5.75 Å². The van der Waals surface area contributed by atoms with Crippen LogP contribution in [0.2, 0.25) is 18.1 Å². The Balaban J connectivity index is 1.48. The van der Waals surface area contributed by atoms with Crippen molar-refractivity contribution in [1.29, 1.82) is 0 Å². The molecule has 0 unspecified atom stereocenters. The van der Waals surface area contributed by atoms with Crippen LogP contribution in [0.15, 0.2) is 24.3 Å². The third-order valence-electron chi connectivity index (χ3n) is 8.27. The average molecular weight is 519 g/mol. The van der Waals surface area contributed by atoms with E-state index in [1.165, 1.54) is 4.90 Å². The van der Waals surface area contributed by atoms with Crippen LogP contribution in [-0.4, -0.2) is 79.6 Å². The van der Waals surface area contributed by atoms with Crippen molar-refractivity contribution in [1.82, 2.24) is 9.80 Å². The average Bonchev–Trinajstić information content (AvgIpc) is 3.25. The van der Waals surface area contributed by atoms with Crippen LogP contribution in [0.5, 0.6) is 5.75 Å². The van der Waals surface area contributed by atoms with Crippen molar-refractivity contribution < 1.29 is 33.0 Å². The summed E-state index contributed by atoms with van der Waals surface area (Å²) in [5, 5.41) is -0.0535. The number of carbonyl (C=O) groups is 2. The number of imide groups is 1. The van der Waals surface area contributed by atoms with E-state index in [0.29, 0.717) is 5.75 Å². The van der Waals surface area contributed by atoms with Crippen LogP contribution in [0.4, 0.5) is 4.79 Å². The number of fused-ring (bicyclic) bond motifs is 7. The Morgan fingerprint density at radius 2 is 1.69 bits per heavy atom. The van der Waals surface area contributed by atoms with E-state index in [1.807, 2.05) is 38.1 Å². The summed E-state index contributed by atoms with van der Waals surface area (Å²) >= 11 is 0. The van der Waals surface area contributed by atoms with Crippen molar-refractivity contribution in [3.05, 3.63) is 29.8 Å². The molecule has 36 heavy (non-hydrogen) atoms. The monoisotopic (exact) mass is 518 g/mol. The Labute approximate surface area is 214 Å². The van der Waals surface area contributed by atoms with E-state index < -0.39 is 44.7 Å². The molecular weight excluding hydrogens is 480 g/mol. The number of urea groups is 1. The zero-order chi connectivity index (χ0) is 26.2. The van der Waals surface area contributed by atoms with E-state index >= 15 is 0 Å². The fourth-order valence-corrected chi connectivity index (χ4v) is 6.72. The maximum Gasteiger partial charge on any atom is 0.329 e. The molecule has 3 amide bonds. The van der Waals surface area contributed by atoms with E-state index in [-0.39, 0.29) is 36.0 Å². The highest BCUT2D eigenvalue weighted by Crippen LogP contribution is 2.49. The van der Waals surface area contributed by atoms with E-state index in [0.717, 1.165) is 5.56 Å². The number of benzene rings is 1. The Morgan fingerprint density at radius 1 is 1.06 bits per heavy atom. The van der Waals surface area contributed by atoms with Gasteiger partial charge in [-0.1, -0.05) is 32.9 Å². The van der Waals surface area contributed by atoms with Crippen molar-refractivity contribution in [2.45, 2.75) is 108 Å². The van der Waals surface area contributed by atoms with Gasteiger partial charge >= 0.3 is 6.03 Å². The second-order valence-corrected chi connectivity index (χ2v) is 16.9. The SMILES string of the molecule is COc1ccc(CN2C(=O)C[C@H]3[C@@H](O[Si](C)(C)C(C)(C)C)[C@H]4O[C@H]([C@@H]5OC(C)(C)O[C@H]45)N3C2=O)cc1. The molecule has 198 valence electrons. The Hall–Kier alpha value is -1.98. The van der Waals surface area contributed by atoms with E-state index in [9.17, 15) is 9.59 Å². The first-order chi connectivity index (χ1) is 16.7. The molecule has 4 heterocycles. The zero-order valence-corrected chi connectivity index (χ0v) is 23.4. The first kappa shape index (κ1) is 25.7. The standard InChI is InChI=1S/C26H38N2O7Si/c1-25(2,3)36(7,8)35-19-17-13-18(29)27(14-15-9-11-16(31-6)12-10-15)24(30)28(17)23-22-21(20(19)32-23)33-26(4,5)34-22/h9-12,17,19-23H,13-14H2,1-8H3/t17-,19+,20+,21+,22+,23+/m0/s1. The summed E-state index contributed by atoms with van der Waals surface area (Å²) in [5.41, 5.74) is 0.840. The van der Waals surface area contributed by atoms with Crippen LogP contribution in [-0.2, 0) is 30.0 Å². The zero-order valence-electron chi connectivity index (χ0n) is 22.4. The molecule has 0 N–H and O–H groups in total. The smallest absolute Gasteiger partial charge is 0.329 e. The normalized spacial score (nSPS) is 33.6. The van der Waals surface area contributed by atoms with Gasteiger partial charge < -0.3 is 23.4 Å². The maximum absolute atomic E-state index is 13.9. The number of hydrogen-bond acceptors (Lipinski definition) is 7. The Morgan fingerprint density at radius 3 is 2.31 bits per heavy atom. The van der Waals surface area contributed by atoms with Gasteiger partial charge in [0.25, 0.3) is 0 Å². The van der Waals surface area contributed by atoms with Gasteiger partial charge in [-0.2, -0.15) is 0 Å². The molecule has 4 saturated heterocycles. The number of methoxy groups -OCH3 is 1. The Bertz CT molecular complexity index is 1040. The highest BCUT2D eigenvalue weighted by molar-refractivity contribution is 6.74. The lowest BCUT2D eigenvalue weighted by molar-refractivity contribution is -0.244. The molecule has 0 saturated carbocycles. The van der Waals surface area contributed by atoms with Gasteiger partial charge in [0.15, 0.2) is 20.3 Å². The fourth-order valence-electron chi connectivity index (χ4n) is 5.39. The minimum absolute atomic E-state index is 0.0535. The summed E-state index contributed by atoms with van der Waals surface area (Å²) in [6, 6.07) is 6.55. The number of amides is 3. The van der Waals surface area contributed by atoms with Crippen LogP contribution in [0.25, 0.3) is 0 Å². The molecule has 4 fully saturated rings. The maximum atomic E-state index is 13.9. The number of ether oxygens (including phenoxy) is 4. The number of rotatable bonds is 5. The Kier molecular flexibility index (Phi) is 6.07. The molecule has 9 nitrogen and oxygen atoms in total. The van der Waals surface area contributed by atoms with Crippen molar-refractivity contribution in [2.24, 2.45) is 0 Å². The van der Waals surface area contributed by atoms with Gasteiger partial charge in [0.2, 0.25) is 5.91 Å². The predicted octanol–water partition coefficient (Wildman–Crippen LogP) is 3.87. The lowest BCUT2D eigenvalue weighted by atomic mass is 9.96. The van der Waals surface area contributed by atoms with E-state index in [1.54, 1.807) is 12.0 Å². The summed E-state index contributed by atoms with van der Waals surface area (Å²) in [7, 11) is -0.669. The van der Waals surface area contributed by atoms with Crippen molar-refractivity contribution in [3.63, 3.8) is 0 Å². The quantitative estimate of drug-likeness (QED) is 0.547. The molecule has 0 spiro atoms. The van der Waals surface area contributed by atoms with Gasteiger partial charge in [0, 0.05) is 0 Å². The van der Waals surface area contributed by atoms with Crippen molar-refractivity contribution in [2.75, 3.05) is 7.11 Å². The van der Waals surface area contributed by atoms with E-state index in [4.69, 9.17) is 23.4 Å². The van der Waals surface area contributed by atoms with Gasteiger partial charge in [-0.15, -0.1) is 0 Å². The van der Waals surface area contributed by atoms with Crippen molar-refractivity contribution >= 4 is 20.3 Å². The molecule has 4 aliphatic rings. The molecule has 1 aromatic carbocycles. The molecule has 5 rings (SSSR count). The van der Waals surface area contributed by atoms with Crippen LogP contribution in [0.3, 0.4) is 0 Å². The predicted molar refractivity (Wildman–Crippen MR) is 134 cm³/mol. The van der Waals surface area contributed by atoms with Gasteiger partial charge in [0.05, 0.1) is 32.2 Å². The highest BCUT2D eigenvalue weighted by Gasteiger charge is 2.67. The first-order valence-corrected chi connectivity index (χ1v) is 15.6. The summed E-state index contributed by atoms with van der Waals surface area (Å²) in [6.45, 7) is 14.8. The van der Waals surface area contributed by atoms with Gasteiger partial charge in [0.1, 0.15) is 24.1 Å². The lowest BCUT2D eigenvalue weighted by Gasteiger charge is -2.52.